The molecule has 2 aromatic carbocycles. The molecule has 7 nitrogen and oxygen atoms in total. The number of benzene rings is 2. The van der Waals surface area contributed by atoms with E-state index in [4.69, 9.17) is 5.41 Å². The van der Waals surface area contributed by atoms with Crippen molar-refractivity contribution in [3.63, 3.8) is 0 Å². The van der Waals surface area contributed by atoms with Gasteiger partial charge in [-0.15, -0.1) is 0 Å². The molecule has 0 saturated carbocycles. The van der Waals surface area contributed by atoms with E-state index in [9.17, 15) is 14.9 Å². The van der Waals surface area contributed by atoms with Crippen molar-refractivity contribution in [3.8, 4) is 0 Å². The second kappa shape index (κ2) is 6.74. The number of nitrogens with zero attached hydrogens (tertiary/aromatic N) is 2. The predicted octanol–water partition coefficient (Wildman–Crippen LogP) is 2.76. The van der Waals surface area contributed by atoms with E-state index >= 15 is 0 Å². The first kappa shape index (κ1) is 16.0. The van der Waals surface area contributed by atoms with Crippen LogP contribution in [-0.4, -0.2) is 16.7 Å². The molecule has 122 valence electrons. The lowest BCUT2D eigenvalue weighted by Crippen LogP contribution is -2.38. The van der Waals surface area contributed by atoms with E-state index < -0.39 is 10.8 Å². The third-order valence-electron chi connectivity index (χ3n) is 3.63. The Hall–Kier alpha value is -3.83. The first-order valence-corrected chi connectivity index (χ1v) is 7.35. The molecule has 0 saturated heterocycles. The van der Waals surface area contributed by atoms with Crippen molar-refractivity contribution in [3.05, 3.63) is 77.1 Å². The van der Waals surface area contributed by atoms with Gasteiger partial charge in [-0.05, 0) is 17.5 Å². The lowest BCUT2D eigenvalue weighted by Gasteiger charge is -2.04. The van der Waals surface area contributed by atoms with E-state index in [0.29, 0.717) is 0 Å². The van der Waals surface area contributed by atoms with Crippen LogP contribution in [0.2, 0.25) is 0 Å². The number of hydrogen-bond donors (Lipinski definition) is 2. The highest BCUT2D eigenvalue weighted by Gasteiger charge is 2.24. The molecule has 25 heavy (non-hydrogen) atoms. The van der Waals surface area contributed by atoms with E-state index in [1.165, 1.54) is 22.8 Å². The third-order valence-corrected chi connectivity index (χ3v) is 3.63. The quantitative estimate of drug-likeness (QED) is 0.252. The number of amides is 1. The Morgan fingerprint density at radius 3 is 2.48 bits per heavy atom. The van der Waals surface area contributed by atoms with Crippen LogP contribution in [-0.2, 0) is 4.79 Å². The molecule has 0 radical (unpaired) electrons. The Labute approximate surface area is 142 Å². The summed E-state index contributed by atoms with van der Waals surface area (Å²) < 4.78 is 1.46. The number of carbonyl (C=O) groups excluding carboxylic acids is 1. The molecule has 0 aliphatic heterocycles. The van der Waals surface area contributed by atoms with Gasteiger partial charge in [-0.1, -0.05) is 30.3 Å². The maximum absolute atomic E-state index is 12.5. The summed E-state index contributed by atoms with van der Waals surface area (Å²) in [7, 11) is 0. The smallest absolute Gasteiger partial charge is 0.310 e. The number of nitrogens with one attached hydrogen (secondary N) is 2. The summed E-state index contributed by atoms with van der Waals surface area (Å²) in [5.41, 5.74) is -0.237. The molecule has 0 aliphatic carbocycles. The first-order chi connectivity index (χ1) is 12.1. The summed E-state index contributed by atoms with van der Waals surface area (Å²) in [5, 5.41) is 22.8. The SMILES string of the molecule is N=C=C(C(=O)Nc1ccccc1[N+](=O)[O-])[n+]1ccc2ccccc2c1. The van der Waals surface area contributed by atoms with E-state index in [-0.39, 0.29) is 17.1 Å². The van der Waals surface area contributed by atoms with Gasteiger partial charge in [0.25, 0.3) is 5.69 Å². The Kier molecular flexibility index (Phi) is 4.32. The predicted molar refractivity (Wildman–Crippen MR) is 93.3 cm³/mol. The van der Waals surface area contributed by atoms with Crippen molar-refractivity contribution in [2.24, 2.45) is 0 Å². The van der Waals surface area contributed by atoms with Crippen molar-refractivity contribution in [2.45, 2.75) is 0 Å². The monoisotopic (exact) mass is 333 g/mol. The van der Waals surface area contributed by atoms with Crippen molar-refractivity contribution in [1.82, 2.24) is 0 Å². The summed E-state index contributed by atoms with van der Waals surface area (Å²) in [5.74, 6) is 1.44. The Balaban J connectivity index is 1.94. The molecule has 0 fully saturated rings. The molecule has 7 heteroatoms. The first-order valence-electron chi connectivity index (χ1n) is 7.35. The van der Waals surface area contributed by atoms with Crippen molar-refractivity contribution in [2.75, 3.05) is 5.32 Å². The van der Waals surface area contributed by atoms with Crippen molar-refractivity contribution >= 4 is 39.6 Å². The number of fused-ring (bicyclic) bond motifs is 1. The highest BCUT2D eigenvalue weighted by atomic mass is 16.6. The molecule has 0 aliphatic rings. The summed E-state index contributed by atoms with van der Waals surface area (Å²) in [6.07, 6.45) is 3.34. The van der Waals surface area contributed by atoms with Gasteiger partial charge in [0, 0.05) is 17.5 Å². The molecule has 0 bridgehead atoms. The van der Waals surface area contributed by atoms with E-state index in [1.54, 1.807) is 18.5 Å². The summed E-state index contributed by atoms with van der Waals surface area (Å²) >= 11 is 0. The minimum atomic E-state index is -0.662. The van der Waals surface area contributed by atoms with Gasteiger partial charge in [0.15, 0.2) is 12.4 Å². The fourth-order valence-electron chi connectivity index (χ4n) is 2.43. The number of pyridine rings is 1. The molecule has 1 amide bonds. The highest BCUT2D eigenvalue weighted by molar-refractivity contribution is 6.24. The van der Waals surface area contributed by atoms with Crippen LogP contribution < -0.4 is 9.88 Å². The van der Waals surface area contributed by atoms with E-state index in [2.05, 4.69) is 11.2 Å². The van der Waals surface area contributed by atoms with Crippen LogP contribution in [0.5, 0.6) is 0 Å². The minimum Gasteiger partial charge on any atom is -0.310 e. The van der Waals surface area contributed by atoms with Gasteiger partial charge in [0.05, 0.1) is 10.8 Å². The van der Waals surface area contributed by atoms with E-state index in [1.807, 2.05) is 30.3 Å². The van der Waals surface area contributed by atoms with Crippen LogP contribution >= 0.6 is 0 Å². The van der Waals surface area contributed by atoms with Crippen LogP contribution in [0.25, 0.3) is 16.5 Å². The molecule has 0 unspecified atom stereocenters. The fraction of sp³-hybridized carbons (Fsp3) is 0. The zero-order valence-electron chi connectivity index (χ0n) is 13.0. The van der Waals surface area contributed by atoms with Crippen LogP contribution in [0.1, 0.15) is 0 Å². The molecular formula is C18H13N4O3+. The summed E-state index contributed by atoms with van der Waals surface area (Å²) in [6.45, 7) is 0. The van der Waals surface area contributed by atoms with Crippen LogP contribution in [0, 0.1) is 15.5 Å². The zero-order valence-corrected chi connectivity index (χ0v) is 13.0. The number of para-hydroxylation sites is 2. The Morgan fingerprint density at radius 2 is 1.76 bits per heavy atom. The molecule has 0 spiro atoms. The molecule has 0 atom stereocenters. The zero-order chi connectivity index (χ0) is 17.8. The largest absolute Gasteiger partial charge is 0.338 e. The molecular weight excluding hydrogens is 320 g/mol. The number of aromatic nitrogens is 1. The molecule has 2 N–H and O–H groups in total. The van der Waals surface area contributed by atoms with Gasteiger partial charge in [-0.25, -0.2) is 0 Å². The normalized spacial score (nSPS) is 10.1. The number of nitro groups is 1. The average Bonchev–Trinajstić information content (AvgIpc) is 2.62. The number of anilines is 1. The Morgan fingerprint density at radius 1 is 1.08 bits per heavy atom. The van der Waals surface area contributed by atoms with Crippen LogP contribution in [0.15, 0.2) is 67.0 Å². The standard InChI is InChI=1S/C18H12N4O3/c19-11-17(21-10-9-13-5-1-2-6-14(13)12-21)18(23)20-15-7-3-4-8-16(15)22(24)25/h1-10,12,19H/p+1. The molecule has 3 rings (SSSR count). The Bertz CT molecular complexity index is 1040. The maximum atomic E-state index is 12.5. The lowest BCUT2D eigenvalue weighted by atomic mass is 10.2. The summed E-state index contributed by atoms with van der Waals surface area (Å²) in [6, 6.07) is 15.2. The van der Waals surface area contributed by atoms with Gasteiger partial charge in [0.2, 0.25) is 0 Å². The minimum absolute atomic E-state index is 0.0617. The van der Waals surface area contributed by atoms with Crippen LogP contribution in [0.4, 0.5) is 11.4 Å². The van der Waals surface area contributed by atoms with Gasteiger partial charge in [-0.2, -0.15) is 4.57 Å². The molecule has 3 aromatic rings. The lowest BCUT2D eigenvalue weighted by molar-refractivity contribution is -0.574. The van der Waals surface area contributed by atoms with Crippen molar-refractivity contribution < 1.29 is 14.3 Å². The number of carbonyl (C=O) groups is 1. The number of rotatable bonds is 4. The van der Waals surface area contributed by atoms with E-state index in [0.717, 1.165) is 10.8 Å². The highest BCUT2D eigenvalue weighted by Crippen LogP contribution is 2.23. The fourth-order valence-corrected chi connectivity index (χ4v) is 2.43. The topological polar surface area (TPSA) is 100.0 Å². The van der Waals surface area contributed by atoms with Gasteiger partial charge in [0.1, 0.15) is 5.69 Å². The second-order valence-corrected chi connectivity index (χ2v) is 5.18. The average molecular weight is 333 g/mol. The third kappa shape index (κ3) is 3.26. The maximum Gasteiger partial charge on any atom is 0.338 e. The molecule has 1 heterocycles. The van der Waals surface area contributed by atoms with Gasteiger partial charge < -0.3 is 5.32 Å². The van der Waals surface area contributed by atoms with Crippen molar-refractivity contribution in [1.29, 1.82) is 5.41 Å². The number of nitro benzene ring substituents is 1. The van der Waals surface area contributed by atoms with Gasteiger partial charge in [-0.3, -0.25) is 20.3 Å². The second-order valence-electron chi connectivity index (χ2n) is 5.18. The summed E-state index contributed by atoms with van der Waals surface area (Å²) in [4.78, 5) is 23.0. The van der Waals surface area contributed by atoms with Crippen LogP contribution in [0.3, 0.4) is 0 Å². The number of hydrogen-bond acceptors (Lipinski definition) is 4. The van der Waals surface area contributed by atoms with Gasteiger partial charge >= 0.3 is 11.6 Å². The molecule has 1 aromatic heterocycles.